The highest BCUT2D eigenvalue weighted by molar-refractivity contribution is 5.96. The van der Waals surface area contributed by atoms with E-state index in [2.05, 4.69) is 52.5 Å². The topological polar surface area (TPSA) is 71.8 Å². The van der Waals surface area contributed by atoms with Gasteiger partial charge in [0.1, 0.15) is 5.82 Å². The van der Waals surface area contributed by atoms with Crippen molar-refractivity contribution in [2.45, 2.75) is 38.8 Å². The second kappa shape index (κ2) is 7.89. The van der Waals surface area contributed by atoms with Crippen LogP contribution in [0.1, 0.15) is 47.4 Å². The summed E-state index contributed by atoms with van der Waals surface area (Å²) in [6.45, 7) is 6.33. The first-order valence-corrected chi connectivity index (χ1v) is 10.6. The van der Waals surface area contributed by atoms with Crippen LogP contribution in [0, 0.1) is 6.92 Å². The minimum Gasteiger partial charge on any atom is -0.366 e. The molecule has 1 aliphatic heterocycles. The van der Waals surface area contributed by atoms with Crippen LogP contribution in [0.15, 0.2) is 30.7 Å². The van der Waals surface area contributed by atoms with Gasteiger partial charge in [0.15, 0.2) is 0 Å². The number of piperidine rings is 1. The molecule has 1 fully saturated rings. The Labute approximate surface area is 178 Å². The van der Waals surface area contributed by atoms with Gasteiger partial charge in [0.25, 0.3) is 0 Å². The molecule has 0 aromatic carbocycles. The Hall–Kier alpha value is -2.64. The number of rotatable bonds is 5. The first-order chi connectivity index (χ1) is 14.3. The van der Waals surface area contributed by atoms with Crippen molar-refractivity contribution in [3.05, 3.63) is 47.5 Å². The van der Waals surface area contributed by atoms with Crippen LogP contribution in [0.5, 0.6) is 0 Å². The van der Waals surface area contributed by atoms with E-state index in [1.54, 1.807) is 6.20 Å². The molecular formula is C23H32N6O. The molecule has 1 saturated heterocycles. The van der Waals surface area contributed by atoms with Gasteiger partial charge in [-0.2, -0.15) is 0 Å². The van der Waals surface area contributed by atoms with Crippen molar-refractivity contribution in [2.24, 2.45) is 12.8 Å². The van der Waals surface area contributed by atoms with Crippen LogP contribution >= 0.6 is 0 Å². The lowest BCUT2D eigenvalue weighted by Crippen LogP contribution is -2.43. The standard InChI is InChI=1S/C23H32N6O/c1-15-20(22(24)30)13-19-12-17(23-25-8-11-27(23)5)14-29(19)21(15)16(2)28-9-6-18(7-10-28)26(3)4/h8,11-14,16,18H,6-7,9-10H2,1-5H3,(H2,24,30). The number of likely N-dealkylation sites (tertiary alicyclic amines) is 1. The van der Waals surface area contributed by atoms with E-state index in [-0.39, 0.29) is 11.9 Å². The van der Waals surface area contributed by atoms with E-state index in [1.165, 1.54) is 0 Å². The van der Waals surface area contributed by atoms with Gasteiger partial charge in [0.2, 0.25) is 5.91 Å². The van der Waals surface area contributed by atoms with Crippen molar-refractivity contribution in [1.29, 1.82) is 0 Å². The summed E-state index contributed by atoms with van der Waals surface area (Å²) in [7, 11) is 6.31. The van der Waals surface area contributed by atoms with Crippen LogP contribution in [-0.2, 0) is 7.05 Å². The first kappa shape index (κ1) is 20.6. The van der Waals surface area contributed by atoms with Gasteiger partial charge in [-0.1, -0.05) is 0 Å². The summed E-state index contributed by atoms with van der Waals surface area (Å²) in [5.74, 6) is 0.525. The Bertz CT molecular complexity index is 1070. The Morgan fingerprint density at radius 2 is 1.97 bits per heavy atom. The fourth-order valence-electron chi connectivity index (χ4n) is 4.87. The molecule has 160 valence electrons. The maximum atomic E-state index is 12.2. The normalized spacial score (nSPS) is 17.1. The third kappa shape index (κ3) is 3.52. The monoisotopic (exact) mass is 408 g/mol. The molecule has 0 saturated carbocycles. The lowest BCUT2D eigenvalue weighted by Gasteiger charge is -2.39. The van der Waals surface area contributed by atoms with Crippen molar-refractivity contribution < 1.29 is 4.79 Å². The number of amides is 1. The molecule has 3 aromatic heterocycles. The highest BCUT2D eigenvalue weighted by Crippen LogP contribution is 2.32. The summed E-state index contributed by atoms with van der Waals surface area (Å²) < 4.78 is 4.22. The number of nitrogens with zero attached hydrogens (tertiary/aromatic N) is 5. The van der Waals surface area contributed by atoms with Crippen molar-refractivity contribution in [3.8, 4) is 11.4 Å². The van der Waals surface area contributed by atoms with E-state index >= 15 is 0 Å². The third-order valence-electron chi connectivity index (χ3n) is 6.71. The number of hydrogen-bond acceptors (Lipinski definition) is 4. The fraction of sp³-hybridized carbons (Fsp3) is 0.478. The van der Waals surface area contributed by atoms with Crippen LogP contribution < -0.4 is 5.73 Å². The van der Waals surface area contributed by atoms with Crippen molar-refractivity contribution in [3.63, 3.8) is 0 Å². The Morgan fingerprint density at radius 3 is 2.53 bits per heavy atom. The lowest BCUT2D eigenvalue weighted by molar-refractivity contribution is 0.0998. The van der Waals surface area contributed by atoms with Crippen LogP contribution in [0.2, 0.25) is 0 Å². The van der Waals surface area contributed by atoms with E-state index < -0.39 is 0 Å². The van der Waals surface area contributed by atoms with Crippen LogP contribution in [-0.4, -0.2) is 62.9 Å². The number of aromatic nitrogens is 3. The average molecular weight is 409 g/mol. The number of primary amides is 1. The summed E-state index contributed by atoms with van der Waals surface area (Å²) in [6.07, 6.45) is 8.18. The summed E-state index contributed by atoms with van der Waals surface area (Å²) in [4.78, 5) is 21.5. The molecule has 3 aromatic rings. The largest absolute Gasteiger partial charge is 0.366 e. The molecule has 0 aliphatic carbocycles. The maximum Gasteiger partial charge on any atom is 0.249 e. The predicted octanol–water partition coefficient (Wildman–Crippen LogP) is 2.83. The molecule has 0 radical (unpaired) electrons. The average Bonchev–Trinajstić information content (AvgIpc) is 3.32. The van der Waals surface area contributed by atoms with E-state index in [1.807, 2.05) is 30.8 Å². The van der Waals surface area contributed by atoms with E-state index in [0.29, 0.717) is 11.6 Å². The SMILES string of the molecule is Cc1c(C(N)=O)cc2cc(-c3nccn3C)cn2c1C(C)N1CCC(N(C)C)CC1. The fourth-order valence-corrected chi connectivity index (χ4v) is 4.87. The van der Waals surface area contributed by atoms with E-state index in [0.717, 1.165) is 54.1 Å². The van der Waals surface area contributed by atoms with Gasteiger partial charge in [-0.05, 0) is 58.5 Å². The number of fused-ring (bicyclic) bond motifs is 1. The quantitative estimate of drug-likeness (QED) is 0.705. The molecule has 1 aliphatic rings. The number of carbonyl (C=O) groups excluding carboxylic acids is 1. The number of pyridine rings is 1. The molecular weight excluding hydrogens is 376 g/mol. The maximum absolute atomic E-state index is 12.2. The third-order valence-corrected chi connectivity index (χ3v) is 6.71. The van der Waals surface area contributed by atoms with Gasteiger partial charge < -0.3 is 19.6 Å². The second-order valence-electron chi connectivity index (χ2n) is 8.72. The predicted molar refractivity (Wildman–Crippen MR) is 120 cm³/mol. The Kier molecular flexibility index (Phi) is 5.42. The van der Waals surface area contributed by atoms with Crippen LogP contribution in [0.4, 0.5) is 0 Å². The molecule has 4 heterocycles. The molecule has 7 nitrogen and oxygen atoms in total. The summed E-state index contributed by atoms with van der Waals surface area (Å²) in [5.41, 5.74) is 10.4. The summed E-state index contributed by atoms with van der Waals surface area (Å²) in [6, 6.07) is 4.80. The Balaban J connectivity index is 1.79. The molecule has 1 atom stereocenters. The van der Waals surface area contributed by atoms with E-state index in [9.17, 15) is 4.79 Å². The number of nitrogens with two attached hydrogens (primary N) is 1. The highest BCUT2D eigenvalue weighted by Gasteiger charge is 2.28. The summed E-state index contributed by atoms with van der Waals surface area (Å²) in [5, 5.41) is 0. The first-order valence-electron chi connectivity index (χ1n) is 10.6. The van der Waals surface area contributed by atoms with Crippen LogP contribution in [0.25, 0.3) is 16.9 Å². The molecule has 30 heavy (non-hydrogen) atoms. The van der Waals surface area contributed by atoms with Gasteiger partial charge >= 0.3 is 0 Å². The van der Waals surface area contributed by atoms with Crippen molar-refractivity contribution >= 4 is 11.4 Å². The van der Waals surface area contributed by atoms with Crippen LogP contribution in [0.3, 0.4) is 0 Å². The number of aryl methyl sites for hydroxylation is 1. The van der Waals surface area contributed by atoms with Gasteiger partial charge in [-0.3, -0.25) is 9.69 Å². The molecule has 4 rings (SSSR count). The minimum atomic E-state index is -0.380. The second-order valence-corrected chi connectivity index (χ2v) is 8.72. The minimum absolute atomic E-state index is 0.177. The van der Waals surface area contributed by atoms with Gasteiger partial charge in [0, 0.05) is 73.1 Å². The Morgan fingerprint density at radius 1 is 1.27 bits per heavy atom. The molecule has 7 heteroatoms. The zero-order valence-corrected chi connectivity index (χ0v) is 18.6. The lowest BCUT2D eigenvalue weighted by atomic mass is 9.97. The highest BCUT2D eigenvalue weighted by atomic mass is 16.1. The van der Waals surface area contributed by atoms with Gasteiger partial charge in [-0.15, -0.1) is 0 Å². The summed E-state index contributed by atoms with van der Waals surface area (Å²) >= 11 is 0. The molecule has 1 amide bonds. The van der Waals surface area contributed by atoms with E-state index in [4.69, 9.17) is 5.73 Å². The number of imidazole rings is 1. The zero-order valence-electron chi connectivity index (χ0n) is 18.6. The smallest absolute Gasteiger partial charge is 0.249 e. The van der Waals surface area contributed by atoms with Gasteiger partial charge in [0.05, 0.1) is 0 Å². The zero-order chi connectivity index (χ0) is 21.6. The number of carbonyl (C=O) groups is 1. The molecule has 0 spiro atoms. The molecule has 2 N–H and O–H groups in total. The number of hydrogen-bond donors (Lipinski definition) is 1. The van der Waals surface area contributed by atoms with Crippen molar-refractivity contribution in [1.82, 2.24) is 23.8 Å². The van der Waals surface area contributed by atoms with Gasteiger partial charge in [-0.25, -0.2) is 4.98 Å². The molecule has 0 bridgehead atoms. The van der Waals surface area contributed by atoms with Crippen molar-refractivity contribution in [2.75, 3.05) is 27.2 Å². The molecule has 1 unspecified atom stereocenters.